The molecule has 1 aliphatic rings. The van der Waals surface area contributed by atoms with Crippen LogP contribution in [0.2, 0.25) is 0 Å². The van der Waals surface area contributed by atoms with Crippen molar-refractivity contribution in [1.29, 1.82) is 0 Å². The molecule has 1 heterocycles. The van der Waals surface area contributed by atoms with E-state index in [1.54, 1.807) is 0 Å². The van der Waals surface area contributed by atoms with Crippen LogP contribution in [0.3, 0.4) is 0 Å². The van der Waals surface area contributed by atoms with E-state index in [2.05, 4.69) is 17.4 Å². The number of esters is 1. The molecule has 1 N–H and O–H groups in total. The number of ether oxygens (including phenoxy) is 1. The number of hydrogen-bond acceptors (Lipinski definition) is 5. The fourth-order valence-electron chi connectivity index (χ4n) is 2.04. The lowest BCUT2D eigenvalue weighted by atomic mass is 10.0. The number of carbonyl (C=O) groups excluding carboxylic acids is 2. The van der Waals surface area contributed by atoms with Gasteiger partial charge in [-0.2, -0.15) is 12.6 Å². The van der Waals surface area contributed by atoms with E-state index in [1.807, 2.05) is 0 Å². The Balaban J connectivity index is 2.74. The van der Waals surface area contributed by atoms with Gasteiger partial charge in [0, 0.05) is 6.54 Å². The average Bonchev–Trinajstić information content (AvgIpc) is 2.76. The highest BCUT2D eigenvalue weighted by molar-refractivity contribution is 7.82. The first-order chi connectivity index (χ1) is 8.79. The summed E-state index contributed by atoms with van der Waals surface area (Å²) in [7, 11) is 0. The number of carboxylic acids is 1. The van der Waals surface area contributed by atoms with E-state index in [0.29, 0.717) is 19.4 Å². The first-order valence-corrected chi connectivity index (χ1v) is 6.75. The zero-order valence-corrected chi connectivity index (χ0v) is 12.1. The van der Waals surface area contributed by atoms with Gasteiger partial charge in [0.2, 0.25) is 5.91 Å². The Kier molecular flexibility index (Phi) is 5.49. The van der Waals surface area contributed by atoms with Crippen LogP contribution in [0.4, 0.5) is 0 Å². The van der Waals surface area contributed by atoms with Crippen LogP contribution in [0, 0.1) is 0 Å². The third-order valence-electron chi connectivity index (χ3n) is 2.96. The molecule has 6 nitrogen and oxygen atoms in total. The molecule has 1 rings (SSSR count). The maximum atomic E-state index is 12.3. The second kappa shape index (κ2) is 6.47. The summed E-state index contributed by atoms with van der Waals surface area (Å²) in [5.74, 6) is -2.17. The number of carbonyl (C=O) groups is 3. The molecule has 0 spiro atoms. The van der Waals surface area contributed by atoms with Gasteiger partial charge in [-0.25, -0.2) is 4.79 Å². The minimum atomic E-state index is -1.30. The number of thiol groups is 1. The number of halogens is 1. The van der Waals surface area contributed by atoms with Crippen molar-refractivity contribution in [3.05, 3.63) is 0 Å². The molecule has 108 valence electrons. The third-order valence-corrected chi connectivity index (χ3v) is 3.42. The van der Waals surface area contributed by atoms with Crippen LogP contribution in [0.5, 0.6) is 0 Å². The van der Waals surface area contributed by atoms with Crippen LogP contribution in [-0.2, 0) is 19.1 Å². The molecule has 1 aliphatic heterocycles. The standard InChI is InChI=1S/C11H16ClNO5S/c1-11(19,5-8(14)18-6-12)10(17)13-4-2-3-7(13)9(15)16/h7,19H,2-6H2,1H3,(H,15,16)/t7-,11-/m0/s1. The number of aliphatic carboxylic acids is 1. The molecule has 2 atom stereocenters. The van der Waals surface area contributed by atoms with Crippen molar-refractivity contribution in [1.82, 2.24) is 4.90 Å². The maximum absolute atomic E-state index is 12.3. The van der Waals surface area contributed by atoms with Gasteiger partial charge in [0.15, 0.2) is 6.07 Å². The van der Waals surface area contributed by atoms with Crippen LogP contribution in [-0.4, -0.2) is 51.3 Å². The van der Waals surface area contributed by atoms with E-state index in [4.69, 9.17) is 16.7 Å². The summed E-state index contributed by atoms with van der Waals surface area (Å²) in [4.78, 5) is 35.9. The minimum absolute atomic E-state index is 0.259. The molecule has 19 heavy (non-hydrogen) atoms. The lowest BCUT2D eigenvalue weighted by Crippen LogP contribution is -2.49. The van der Waals surface area contributed by atoms with Crippen LogP contribution in [0.15, 0.2) is 0 Å². The Bertz CT molecular complexity index is 387. The smallest absolute Gasteiger partial charge is 0.326 e. The highest BCUT2D eigenvalue weighted by Crippen LogP contribution is 2.27. The Morgan fingerprint density at radius 2 is 2.16 bits per heavy atom. The lowest BCUT2D eigenvalue weighted by molar-refractivity contribution is -0.150. The molecule has 0 unspecified atom stereocenters. The number of carboxylic acid groups (broad SMARTS) is 1. The number of rotatable bonds is 5. The predicted molar refractivity (Wildman–Crippen MR) is 71.2 cm³/mol. The van der Waals surface area contributed by atoms with Gasteiger partial charge in [-0.1, -0.05) is 11.6 Å². The number of nitrogens with zero attached hydrogens (tertiary/aromatic N) is 1. The number of amides is 1. The molecule has 0 aromatic heterocycles. The van der Waals surface area contributed by atoms with E-state index in [0.717, 1.165) is 0 Å². The Morgan fingerprint density at radius 3 is 2.68 bits per heavy atom. The molecule has 0 aliphatic carbocycles. The van der Waals surface area contributed by atoms with E-state index >= 15 is 0 Å². The van der Waals surface area contributed by atoms with Gasteiger partial charge in [0.05, 0.1) is 11.2 Å². The average molecular weight is 310 g/mol. The molecule has 0 bridgehead atoms. The summed E-state index contributed by atoms with van der Waals surface area (Å²) in [6, 6.07) is -1.14. The SMILES string of the molecule is C[C@](S)(CC(=O)OCCl)C(=O)N1CCC[C@H]1C(=O)O. The Labute approximate surface area is 121 Å². The van der Waals surface area contributed by atoms with Crippen molar-refractivity contribution in [2.24, 2.45) is 0 Å². The molecular formula is C11H16ClNO5S. The highest BCUT2D eigenvalue weighted by Gasteiger charge is 2.42. The number of alkyl halides is 1. The lowest BCUT2D eigenvalue weighted by Gasteiger charge is -2.30. The van der Waals surface area contributed by atoms with E-state index < -0.39 is 28.6 Å². The third kappa shape index (κ3) is 4.01. The summed E-state index contributed by atoms with van der Waals surface area (Å²) in [6.07, 6.45) is 0.778. The summed E-state index contributed by atoms with van der Waals surface area (Å²) in [5, 5.41) is 9.04. The van der Waals surface area contributed by atoms with Crippen molar-refractivity contribution in [3.63, 3.8) is 0 Å². The van der Waals surface area contributed by atoms with Crippen LogP contribution in [0.25, 0.3) is 0 Å². The van der Waals surface area contributed by atoms with Crippen molar-refractivity contribution < 1.29 is 24.2 Å². The summed E-state index contributed by atoms with van der Waals surface area (Å²) in [6.45, 7) is 1.82. The van der Waals surface area contributed by atoms with Gasteiger partial charge >= 0.3 is 11.9 Å². The maximum Gasteiger partial charge on any atom is 0.326 e. The summed E-state index contributed by atoms with van der Waals surface area (Å²) in [5.41, 5.74) is 0. The fraction of sp³-hybridized carbons (Fsp3) is 0.727. The molecule has 1 fully saturated rings. The molecule has 8 heteroatoms. The van der Waals surface area contributed by atoms with Crippen LogP contribution in [0.1, 0.15) is 26.2 Å². The highest BCUT2D eigenvalue weighted by atomic mass is 35.5. The Hall–Kier alpha value is -0.950. The van der Waals surface area contributed by atoms with Gasteiger partial charge < -0.3 is 14.7 Å². The van der Waals surface area contributed by atoms with Crippen LogP contribution >= 0.6 is 24.2 Å². The minimum Gasteiger partial charge on any atom is -0.480 e. The molecule has 0 saturated carbocycles. The first-order valence-electron chi connectivity index (χ1n) is 5.77. The quantitative estimate of drug-likeness (QED) is 0.447. The van der Waals surface area contributed by atoms with Gasteiger partial charge in [-0.3, -0.25) is 9.59 Å². The molecule has 0 aromatic carbocycles. The molecule has 0 radical (unpaired) electrons. The van der Waals surface area contributed by atoms with E-state index in [9.17, 15) is 14.4 Å². The second-order valence-corrected chi connectivity index (χ2v) is 5.78. The van der Waals surface area contributed by atoms with Gasteiger partial charge in [0.1, 0.15) is 6.04 Å². The fourth-order valence-corrected chi connectivity index (χ4v) is 2.42. The van der Waals surface area contributed by atoms with E-state index in [-0.39, 0.29) is 12.5 Å². The van der Waals surface area contributed by atoms with E-state index in [1.165, 1.54) is 11.8 Å². The van der Waals surface area contributed by atoms with Crippen molar-refractivity contribution in [3.8, 4) is 0 Å². The largest absolute Gasteiger partial charge is 0.480 e. The van der Waals surface area contributed by atoms with Crippen molar-refractivity contribution in [2.75, 3.05) is 12.6 Å². The zero-order chi connectivity index (χ0) is 14.6. The number of likely N-dealkylation sites (tertiary alicyclic amines) is 1. The normalized spacial score (nSPS) is 21.8. The van der Waals surface area contributed by atoms with Gasteiger partial charge in [-0.05, 0) is 19.8 Å². The molecule has 1 amide bonds. The number of hydrogen-bond donors (Lipinski definition) is 2. The van der Waals surface area contributed by atoms with Gasteiger partial charge in [-0.15, -0.1) is 0 Å². The molecular weight excluding hydrogens is 294 g/mol. The van der Waals surface area contributed by atoms with Gasteiger partial charge in [0.25, 0.3) is 0 Å². The van der Waals surface area contributed by atoms with Crippen molar-refractivity contribution >= 4 is 42.1 Å². The summed E-state index contributed by atoms with van der Waals surface area (Å²) < 4.78 is 3.25. The van der Waals surface area contributed by atoms with Crippen molar-refractivity contribution in [2.45, 2.75) is 37.0 Å². The first kappa shape index (κ1) is 16.1. The predicted octanol–water partition coefficient (Wildman–Crippen LogP) is 0.880. The summed E-state index contributed by atoms with van der Waals surface area (Å²) >= 11 is 9.43. The topological polar surface area (TPSA) is 83.9 Å². The zero-order valence-electron chi connectivity index (χ0n) is 10.5. The second-order valence-electron chi connectivity index (χ2n) is 4.57. The molecule has 0 aromatic rings. The molecule has 1 saturated heterocycles. The van der Waals surface area contributed by atoms with Crippen LogP contribution < -0.4 is 0 Å². The monoisotopic (exact) mass is 309 g/mol. The Morgan fingerprint density at radius 1 is 1.53 bits per heavy atom.